The van der Waals surface area contributed by atoms with Crippen LogP contribution in [0.15, 0.2) is 176 Å². The molecule has 0 atom stereocenters. The minimum Gasteiger partial charge on any atom is -0.320 e. The van der Waals surface area contributed by atoms with E-state index in [0.717, 1.165) is 61.0 Å². The van der Waals surface area contributed by atoms with Crippen LogP contribution < -0.4 is 0 Å². The lowest BCUT2D eigenvalue weighted by Crippen LogP contribution is -1.96. The highest BCUT2D eigenvalue weighted by molar-refractivity contribution is 6.16. The highest BCUT2D eigenvalue weighted by atomic mass is 15.0. The first-order chi connectivity index (χ1) is 27.2. The Morgan fingerprint density at radius 3 is 1.49 bits per heavy atom. The Morgan fingerprint density at radius 2 is 0.836 bits per heavy atom. The zero-order valence-electron chi connectivity index (χ0n) is 29.5. The normalized spacial score (nSPS) is 11.6. The molecule has 254 valence electrons. The largest absolute Gasteiger partial charge is 0.320 e. The topological polar surface area (TPSA) is 23.5 Å². The number of hydrogen-bond donors (Lipinski definition) is 0. The second-order valence-corrected chi connectivity index (χ2v) is 13.9. The summed E-state index contributed by atoms with van der Waals surface area (Å²) in [5.41, 5.74) is 12.7. The molecule has 0 aliphatic carbocycles. The van der Waals surface area contributed by atoms with E-state index in [1.165, 1.54) is 32.6 Å². The van der Waals surface area contributed by atoms with Gasteiger partial charge in [-0.3, -0.25) is 0 Å². The van der Waals surface area contributed by atoms with Crippen LogP contribution in [0.25, 0.3) is 103 Å². The number of para-hydroxylation sites is 4. The Balaban J connectivity index is 1.06. The molecule has 0 saturated heterocycles. The number of hydrogen-bond acceptors (Lipinski definition) is 0. The fourth-order valence-electron chi connectivity index (χ4n) is 8.74. The molecule has 55 heavy (non-hydrogen) atoms. The van der Waals surface area contributed by atoms with E-state index in [2.05, 4.69) is 157 Å². The van der Waals surface area contributed by atoms with E-state index in [1.807, 2.05) is 42.5 Å². The van der Waals surface area contributed by atoms with E-state index in [1.54, 1.807) is 0 Å². The minimum atomic E-state index is 0.549. The predicted octanol–water partition coefficient (Wildman–Crippen LogP) is 13.7. The van der Waals surface area contributed by atoms with Crippen molar-refractivity contribution in [3.63, 3.8) is 0 Å². The van der Waals surface area contributed by atoms with Gasteiger partial charge in [0.25, 0.3) is 0 Å². The lowest BCUT2D eigenvalue weighted by molar-refractivity contribution is 1.16. The summed E-state index contributed by atoms with van der Waals surface area (Å²) in [7, 11) is 0. The van der Waals surface area contributed by atoms with Gasteiger partial charge >= 0.3 is 0 Å². The van der Waals surface area contributed by atoms with Gasteiger partial charge in [-0.15, -0.1) is 0 Å². The molecule has 3 heterocycles. The van der Waals surface area contributed by atoms with Gasteiger partial charge in [0.2, 0.25) is 5.69 Å². The molecule has 0 amide bonds. The molecule has 5 nitrogen and oxygen atoms in total. The lowest BCUT2D eigenvalue weighted by Gasteiger charge is -2.14. The van der Waals surface area contributed by atoms with Crippen LogP contribution in [0.1, 0.15) is 0 Å². The van der Waals surface area contributed by atoms with Crippen LogP contribution in [0.5, 0.6) is 0 Å². The summed E-state index contributed by atoms with van der Waals surface area (Å²) in [5, 5.41) is 6.79. The second kappa shape index (κ2) is 11.8. The van der Waals surface area contributed by atoms with Crippen molar-refractivity contribution in [2.24, 2.45) is 0 Å². The van der Waals surface area contributed by atoms with E-state index in [-0.39, 0.29) is 0 Å². The molecule has 0 fully saturated rings. The molecule has 0 saturated carbocycles. The first kappa shape index (κ1) is 30.7. The van der Waals surface area contributed by atoms with Crippen LogP contribution >= 0.6 is 0 Å². The van der Waals surface area contributed by atoms with Crippen molar-refractivity contribution in [1.82, 2.24) is 13.7 Å². The van der Waals surface area contributed by atoms with Crippen molar-refractivity contribution < 1.29 is 0 Å². The standard InChI is InChI=1S/C50H29N5/c1-51-41-19-12-24-49-50(41)39-18-6-10-23-46(39)55(49)48-27-25-33(30-42(48)52-2)32-13-11-14-34(29-32)53-45-22-9-5-17-38(45)40-31-35(26-28-47(40)53)54-43-20-7-3-15-36(43)37-16-4-8-21-44(37)54/h3-31H. The highest BCUT2D eigenvalue weighted by Gasteiger charge is 2.19. The average molecular weight is 700 g/mol. The Labute approximate surface area is 316 Å². The molecular weight excluding hydrogens is 671 g/mol. The minimum absolute atomic E-state index is 0.549. The van der Waals surface area contributed by atoms with Gasteiger partial charge < -0.3 is 13.7 Å². The summed E-state index contributed by atoms with van der Waals surface area (Å²) in [6, 6.07) is 61.4. The number of rotatable bonds is 4. The maximum absolute atomic E-state index is 8.29. The molecule has 3 aromatic heterocycles. The summed E-state index contributed by atoms with van der Waals surface area (Å²) >= 11 is 0. The third kappa shape index (κ3) is 4.45. The van der Waals surface area contributed by atoms with Crippen molar-refractivity contribution in [3.05, 3.63) is 199 Å². The van der Waals surface area contributed by atoms with E-state index in [9.17, 15) is 0 Å². The molecule has 5 heteroatoms. The van der Waals surface area contributed by atoms with Gasteiger partial charge in [-0.25, -0.2) is 9.69 Å². The number of fused-ring (bicyclic) bond motifs is 9. The molecule has 0 aliphatic heterocycles. The molecule has 0 spiro atoms. The van der Waals surface area contributed by atoms with Gasteiger partial charge in [0.15, 0.2) is 5.69 Å². The molecular formula is C50H29N5. The zero-order chi connectivity index (χ0) is 36.6. The van der Waals surface area contributed by atoms with Crippen molar-refractivity contribution in [1.29, 1.82) is 0 Å². The molecule has 0 aliphatic rings. The maximum Gasteiger partial charge on any atom is 0.211 e. The van der Waals surface area contributed by atoms with Crippen LogP contribution in [0.2, 0.25) is 0 Å². The molecule has 0 unspecified atom stereocenters. The quantitative estimate of drug-likeness (QED) is 0.163. The Kier molecular flexibility index (Phi) is 6.61. The van der Waals surface area contributed by atoms with E-state index < -0.39 is 0 Å². The van der Waals surface area contributed by atoms with Gasteiger partial charge in [-0.05, 0) is 89.3 Å². The van der Waals surface area contributed by atoms with Crippen molar-refractivity contribution in [2.45, 2.75) is 0 Å². The van der Waals surface area contributed by atoms with Crippen LogP contribution in [0.4, 0.5) is 11.4 Å². The van der Waals surface area contributed by atoms with Crippen LogP contribution in [0, 0.1) is 13.1 Å². The predicted molar refractivity (Wildman–Crippen MR) is 227 cm³/mol. The highest BCUT2D eigenvalue weighted by Crippen LogP contribution is 2.42. The maximum atomic E-state index is 8.29. The molecule has 0 N–H and O–H groups in total. The van der Waals surface area contributed by atoms with Crippen LogP contribution in [-0.4, -0.2) is 13.7 Å². The van der Waals surface area contributed by atoms with Gasteiger partial charge in [0.1, 0.15) is 0 Å². The van der Waals surface area contributed by atoms with E-state index >= 15 is 0 Å². The SMILES string of the molecule is [C-]#[N+]c1cc(-c2cccc(-n3c4ccccc4c4cc(-n5c6ccccc6c6ccccc65)ccc43)c2)ccc1-n1c2ccccc2c2c([N+]#[C-])cccc21. The van der Waals surface area contributed by atoms with Crippen molar-refractivity contribution >= 4 is 76.8 Å². The summed E-state index contributed by atoms with van der Waals surface area (Å²) in [5.74, 6) is 0. The molecule has 0 radical (unpaired) electrons. The van der Waals surface area contributed by atoms with E-state index in [0.29, 0.717) is 11.4 Å². The Hall–Kier alpha value is -7.86. The Morgan fingerprint density at radius 1 is 0.327 bits per heavy atom. The summed E-state index contributed by atoms with van der Waals surface area (Å²) in [4.78, 5) is 7.88. The number of nitrogens with zero attached hydrogens (tertiary/aromatic N) is 5. The second-order valence-electron chi connectivity index (χ2n) is 13.9. The van der Waals surface area contributed by atoms with Crippen LogP contribution in [-0.2, 0) is 0 Å². The summed E-state index contributed by atoms with van der Waals surface area (Å²) in [6.45, 7) is 16.1. The smallest absolute Gasteiger partial charge is 0.211 e. The molecule has 11 rings (SSSR count). The molecule has 0 bridgehead atoms. The fourth-order valence-corrected chi connectivity index (χ4v) is 8.74. The van der Waals surface area contributed by atoms with Crippen molar-refractivity contribution in [3.8, 4) is 28.2 Å². The molecule has 11 aromatic rings. The van der Waals surface area contributed by atoms with Gasteiger partial charge in [0.05, 0.1) is 46.4 Å². The van der Waals surface area contributed by atoms with Gasteiger partial charge in [-0.1, -0.05) is 103 Å². The first-order valence-corrected chi connectivity index (χ1v) is 18.3. The number of benzene rings is 8. The fraction of sp³-hybridized carbons (Fsp3) is 0. The first-order valence-electron chi connectivity index (χ1n) is 18.3. The summed E-state index contributed by atoms with van der Waals surface area (Å²) < 4.78 is 6.85. The third-order valence-electron chi connectivity index (χ3n) is 11.1. The lowest BCUT2D eigenvalue weighted by atomic mass is 10.0. The van der Waals surface area contributed by atoms with Gasteiger partial charge in [-0.2, -0.15) is 0 Å². The van der Waals surface area contributed by atoms with Crippen LogP contribution in [0.3, 0.4) is 0 Å². The van der Waals surface area contributed by atoms with E-state index in [4.69, 9.17) is 13.1 Å². The average Bonchev–Trinajstić information content (AvgIpc) is 3.89. The zero-order valence-corrected chi connectivity index (χ0v) is 29.5. The third-order valence-corrected chi connectivity index (χ3v) is 11.1. The number of aromatic nitrogens is 3. The van der Waals surface area contributed by atoms with Crippen molar-refractivity contribution in [2.75, 3.05) is 0 Å². The monoisotopic (exact) mass is 699 g/mol. The molecule has 8 aromatic carbocycles. The summed E-state index contributed by atoms with van der Waals surface area (Å²) in [6.07, 6.45) is 0. The van der Waals surface area contributed by atoms with Gasteiger partial charge in [0, 0.05) is 43.8 Å². The Bertz CT molecular complexity index is 3420.